The lowest BCUT2D eigenvalue weighted by molar-refractivity contribution is -0.146. The van der Waals surface area contributed by atoms with Gasteiger partial charge in [-0.25, -0.2) is 4.79 Å². The first-order valence-corrected chi connectivity index (χ1v) is 13.6. The summed E-state index contributed by atoms with van der Waals surface area (Å²) < 4.78 is 4.84. The largest absolute Gasteiger partial charge is 0.481 e. The first-order chi connectivity index (χ1) is 17.0. The summed E-state index contributed by atoms with van der Waals surface area (Å²) >= 11 is 0. The normalized spacial score (nSPS) is 12.1. The van der Waals surface area contributed by atoms with Crippen LogP contribution in [0.1, 0.15) is 109 Å². The predicted molar refractivity (Wildman–Crippen MR) is 143 cm³/mol. The van der Waals surface area contributed by atoms with Gasteiger partial charge in [0.25, 0.3) is 0 Å². The number of nitrogens with one attached hydrogen (secondary N) is 1. The fraction of sp³-hybridized carbons (Fsp3) is 0.655. The quantitative estimate of drug-likeness (QED) is 0.0924. The maximum Gasteiger partial charge on any atom is 0.330 e. The Morgan fingerprint density at radius 1 is 0.857 bits per heavy atom. The third-order valence-corrected chi connectivity index (χ3v) is 6.01. The SMILES string of the molecule is CCCCCCCCCCCCCCCCNc1ccc(/C=C/C(=O)OCC(O)CC(=O)O)cc1. The highest BCUT2D eigenvalue weighted by Gasteiger charge is 2.11. The minimum atomic E-state index is -1.20. The van der Waals surface area contributed by atoms with E-state index in [4.69, 9.17) is 9.84 Å². The van der Waals surface area contributed by atoms with Crippen molar-refractivity contribution in [3.63, 3.8) is 0 Å². The molecule has 1 atom stereocenters. The Morgan fingerprint density at radius 3 is 1.89 bits per heavy atom. The number of aliphatic hydroxyl groups is 1. The van der Waals surface area contributed by atoms with E-state index in [2.05, 4.69) is 12.2 Å². The maximum absolute atomic E-state index is 11.7. The molecular weight excluding hydrogens is 442 g/mol. The van der Waals surface area contributed by atoms with Gasteiger partial charge in [-0.05, 0) is 30.2 Å². The Balaban J connectivity index is 2.01. The van der Waals surface area contributed by atoms with Gasteiger partial charge < -0.3 is 20.3 Å². The van der Waals surface area contributed by atoms with Gasteiger partial charge in [0.05, 0.1) is 12.5 Å². The molecule has 1 unspecified atom stereocenters. The number of esters is 1. The highest BCUT2D eigenvalue weighted by molar-refractivity contribution is 5.87. The van der Waals surface area contributed by atoms with Crippen LogP contribution in [0.5, 0.6) is 0 Å². The van der Waals surface area contributed by atoms with Crippen molar-refractivity contribution in [1.82, 2.24) is 0 Å². The Kier molecular flexibility index (Phi) is 18.4. The highest BCUT2D eigenvalue weighted by atomic mass is 16.5. The number of aliphatic carboxylic acids is 1. The van der Waals surface area contributed by atoms with Crippen LogP contribution < -0.4 is 5.32 Å². The second-order valence-corrected chi connectivity index (χ2v) is 9.36. The first-order valence-electron chi connectivity index (χ1n) is 13.6. The molecule has 0 aliphatic heterocycles. The Bertz CT molecular complexity index is 702. The summed E-state index contributed by atoms with van der Waals surface area (Å²) in [5, 5.41) is 21.4. The third kappa shape index (κ3) is 18.6. The van der Waals surface area contributed by atoms with Crippen molar-refractivity contribution in [3.05, 3.63) is 35.9 Å². The van der Waals surface area contributed by atoms with Crippen LogP contribution >= 0.6 is 0 Å². The van der Waals surface area contributed by atoms with Crippen LogP contribution in [0.4, 0.5) is 5.69 Å². The lowest BCUT2D eigenvalue weighted by Gasteiger charge is -2.08. The zero-order valence-corrected chi connectivity index (χ0v) is 21.7. The molecule has 1 aromatic carbocycles. The molecule has 0 saturated carbocycles. The topological polar surface area (TPSA) is 95.9 Å². The number of unbranched alkanes of at least 4 members (excludes halogenated alkanes) is 13. The van der Waals surface area contributed by atoms with Crippen LogP contribution in [0, 0.1) is 0 Å². The van der Waals surface area contributed by atoms with Crippen molar-refractivity contribution in [3.8, 4) is 0 Å². The number of hydrogen-bond donors (Lipinski definition) is 3. The molecule has 0 spiro atoms. The smallest absolute Gasteiger partial charge is 0.330 e. The molecular formula is C29H47NO5. The number of hydrogen-bond acceptors (Lipinski definition) is 5. The second kappa shape index (κ2) is 21.0. The molecule has 0 heterocycles. The summed E-state index contributed by atoms with van der Waals surface area (Å²) in [5.41, 5.74) is 1.91. The van der Waals surface area contributed by atoms with Crippen molar-refractivity contribution in [2.45, 2.75) is 109 Å². The molecule has 0 amide bonds. The summed E-state index contributed by atoms with van der Waals surface area (Å²) in [6.07, 6.45) is 20.3. The fourth-order valence-corrected chi connectivity index (χ4v) is 3.92. The van der Waals surface area contributed by atoms with Crippen LogP contribution in [0.25, 0.3) is 6.08 Å². The number of carbonyl (C=O) groups is 2. The van der Waals surface area contributed by atoms with Crippen molar-refractivity contribution in [2.75, 3.05) is 18.5 Å². The van der Waals surface area contributed by atoms with Gasteiger partial charge in [0, 0.05) is 18.3 Å². The van der Waals surface area contributed by atoms with Crippen LogP contribution in [0.3, 0.4) is 0 Å². The molecule has 1 aromatic rings. The standard InChI is InChI=1S/C29H47NO5/c1-2-3-4-5-6-7-8-9-10-11-12-13-14-15-22-30-26-19-16-25(17-20-26)18-21-29(34)35-24-27(31)23-28(32)33/h16-21,27,30-31H,2-15,22-24H2,1H3,(H,32,33)/b21-18+. The third-order valence-electron chi connectivity index (χ3n) is 6.01. The lowest BCUT2D eigenvalue weighted by Crippen LogP contribution is -2.20. The molecule has 0 aliphatic carbocycles. The van der Waals surface area contributed by atoms with Crippen molar-refractivity contribution >= 4 is 23.7 Å². The van der Waals surface area contributed by atoms with Gasteiger partial charge in [-0.15, -0.1) is 0 Å². The Morgan fingerprint density at radius 2 is 1.37 bits per heavy atom. The summed E-state index contributed by atoms with van der Waals surface area (Å²) in [7, 11) is 0. The monoisotopic (exact) mass is 489 g/mol. The lowest BCUT2D eigenvalue weighted by atomic mass is 10.0. The molecule has 0 aromatic heterocycles. The van der Waals surface area contributed by atoms with Crippen molar-refractivity contribution in [1.29, 1.82) is 0 Å². The number of carboxylic acids is 1. The minimum absolute atomic E-state index is 0.336. The molecule has 0 aliphatic rings. The zero-order chi connectivity index (χ0) is 25.6. The average Bonchev–Trinajstić information content (AvgIpc) is 2.84. The molecule has 0 saturated heterocycles. The molecule has 0 fully saturated rings. The second-order valence-electron chi connectivity index (χ2n) is 9.36. The van der Waals surface area contributed by atoms with E-state index >= 15 is 0 Å². The van der Waals surface area contributed by atoms with Crippen LogP contribution in [-0.4, -0.2) is 41.4 Å². The number of carbonyl (C=O) groups excluding carboxylic acids is 1. The van der Waals surface area contributed by atoms with E-state index in [-0.39, 0.29) is 6.61 Å². The van der Waals surface area contributed by atoms with Gasteiger partial charge >= 0.3 is 11.9 Å². The van der Waals surface area contributed by atoms with E-state index in [1.54, 1.807) is 6.08 Å². The Hall–Kier alpha value is -2.34. The predicted octanol–water partition coefficient (Wildman–Crippen LogP) is 6.97. The van der Waals surface area contributed by atoms with E-state index in [0.29, 0.717) is 0 Å². The number of ether oxygens (including phenoxy) is 1. The molecule has 0 bridgehead atoms. The molecule has 6 heteroatoms. The molecule has 198 valence electrons. The number of anilines is 1. The summed E-state index contributed by atoms with van der Waals surface area (Å²) in [5.74, 6) is -1.75. The molecule has 3 N–H and O–H groups in total. The van der Waals surface area contributed by atoms with E-state index in [1.807, 2.05) is 24.3 Å². The molecule has 0 radical (unpaired) electrons. The minimum Gasteiger partial charge on any atom is -0.481 e. The number of aliphatic hydroxyl groups excluding tert-OH is 1. The molecule has 1 rings (SSSR count). The molecule has 6 nitrogen and oxygen atoms in total. The highest BCUT2D eigenvalue weighted by Crippen LogP contribution is 2.14. The van der Waals surface area contributed by atoms with E-state index in [9.17, 15) is 14.7 Å². The van der Waals surface area contributed by atoms with Gasteiger partial charge in [-0.2, -0.15) is 0 Å². The van der Waals surface area contributed by atoms with Crippen molar-refractivity contribution < 1.29 is 24.5 Å². The van der Waals surface area contributed by atoms with E-state index in [1.165, 1.54) is 96.0 Å². The van der Waals surface area contributed by atoms with E-state index in [0.717, 1.165) is 17.8 Å². The number of rotatable bonds is 22. The number of benzene rings is 1. The van der Waals surface area contributed by atoms with E-state index < -0.39 is 24.5 Å². The fourth-order valence-electron chi connectivity index (χ4n) is 3.92. The van der Waals surface area contributed by atoms with Gasteiger partial charge in [-0.3, -0.25) is 4.79 Å². The maximum atomic E-state index is 11.7. The number of carboxylic acid groups (broad SMARTS) is 1. The summed E-state index contributed by atoms with van der Waals surface area (Å²) in [6.45, 7) is 2.89. The average molecular weight is 490 g/mol. The van der Waals surface area contributed by atoms with Crippen LogP contribution in [-0.2, 0) is 14.3 Å². The van der Waals surface area contributed by atoms with Crippen LogP contribution in [0.15, 0.2) is 30.3 Å². The Labute approximate surface area is 212 Å². The first kappa shape index (κ1) is 30.7. The van der Waals surface area contributed by atoms with Gasteiger partial charge in [0.15, 0.2) is 0 Å². The summed E-state index contributed by atoms with van der Waals surface area (Å²) in [6, 6.07) is 7.78. The van der Waals surface area contributed by atoms with Gasteiger partial charge in [0.2, 0.25) is 0 Å². The van der Waals surface area contributed by atoms with Crippen LogP contribution in [0.2, 0.25) is 0 Å². The van der Waals surface area contributed by atoms with Crippen molar-refractivity contribution in [2.24, 2.45) is 0 Å². The molecule has 35 heavy (non-hydrogen) atoms. The zero-order valence-electron chi connectivity index (χ0n) is 21.7. The summed E-state index contributed by atoms with van der Waals surface area (Å²) in [4.78, 5) is 22.1. The van der Waals surface area contributed by atoms with Gasteiger partial charge in [-0.1, -0.05) is 103 Å². The van der Waals surface area contributed by atoms with Gasteiger partial charge in [0.1, 0.15) is 6.61 Å².